The summed E-state index contributed by atoms with van der Waals surface area (Å²) in [5.74, 6) is 0.0105. The number of rotatable bonds is 7. The van der Waals surface area contributed by atoms with Crippen molar-refractivity contribution in [2.45, 2.75) is 32.8 Å². The predicted molar refractivity (Wildman–Crippen MR) is 133 cm³/mol. The number of hydrogen-bond donors (Lipinski definition) is 1. The van der Waals surface area contributed by atoms with Gasteiger partial charge in [-0.3, -0.25) is 0 Å². The zero-order chi connectivity index (χ0) is 28.3. The summed E-state index contributed by atoms with van der Waals surface area (Å²) < 4.78 is 51.6. The summed E-state index contributed by atoms with van der Waals surface area (Å²) in [6, 6.07) is 10.6. The molecule has 2 aromatic carbocycles. The Morgan fingerprint density at radius 3 is 2.56 bits per heavy atom. The smallest absolute Gasteiger partial charge is 0.355 e. The topological polar surface area (TPSA) is 77.2 Å². The first kappa shape index (κ1) is 17.3. The highest BCUT2D eigenvalue weighted by Crippen LogP contribution is 2.24. The van der Waals surface area contributed by atoms with Crippen molar-refractivity contribution in [2.75, 3.05) is 5.32 Å². The Bertz CT molecular complexity index is 1500. The molecule has 0 atom stereocenters. The maximum Gasteiger partial charge on any atom is 0.355 e. The number of anilines is 1. The van der Waals surface area contributed by atoms with E-state index in [9.17, 15) is 4.79 Å². The van der Waals surface area contributed by atoms with Crippen LogP contribution in [0.15, 0.2) is 95.3 Å². The lowest BCUT2D eigenvalue weighted by Crippen LogP contribution is -2.27. The molecule has 172 valence electrons. The monoisotopic (exact) mass is 458 g/mol. The summed E-state index contributed by atoms with van der Waals surface area (Å²) in [7, 11) is 0. The van der Waals surface area contributed by atoms with E-state index in [-0.39, 0.29) is 41.3 Å². The van der Waals surface area contributed by atoms with Crippen molar-refractivity contribution in [1.82, 2.24) is 9.97 Å². The minimum Gasteiger partial charge on any atom is -0.465 e. The summed E-state index contributed by atoms with van der Waals surface area (Å²) >= 11 is 0. The van der Waals surface area contributed by atoms with Gasteiger partial charge in [0.2, 0.25) is 0 Å². The SMILES string of the molecule is [2H]c1c([2H])c([2H])c(-c2cnc(NC(=Cc3ccco3)C(=O)OC(C)(C)C)c(Cc3ccccc3)n2)c([2H])c1[2H]. The number of ether oxygens (including phenoxy) is 1. The van der Waals surface area contributed by atoms with Crippen LogP contribution in [0.5, 0.6) is 0 Å². The minimum atomic E-state index is -0.760. The lowest BCUT2D eigenvalue weighted by Gasteiger charge is -2.21. The molecular formula is C28H27N3O3. The summed E-state index contributed by atoms with van der Waals surface area (Å²) in [5.41, 5.74) is 0.621. The molecule has 0 aliphatic heterocycles. The van der Waals surface area contributed by atoms with E-state index in [2.05, 4.69) is 15.3 Å². The lowest BCUT2D eigenvalue weighted by molar-refractivity contribution is -0.149. The molecule has 0 saturated carbocycles. The van der Waals surface area contributed by atoms with E-state index in [1.165, 1.54) is 18.5 Å². The second-order valence-electron chi connectivity index (χ2n) is 8.41. The highest BCUT2D eigenvalue weighted by atomic mass is 16.6. The van der Waals surface area contributed by atoms with Crippen molar-refractivity contribution < 1.29 is 20.8 Å². The lowest BCUT2D eigenvalue weighted by atomic mass is 10.1. The number of nitrogens with zero attached hydrogens (tertiary/aromatic N) is 2. The third-order valence-corrected chi connectivity index (χ3v) is 4.52. The van der Waals surface area contributed by atoms with Gasteiger partial charge in [-0.05, 0) is 38.5 Å². The predicted octanol–water partition coefficient (Wildman–Crippen LogP) is 6.12. The van der Waals surface area contributed by atoms with E-state index in [1.807, 2.05) is 30.3 Å². The van der Waals surface area contributed by atoms with Gasteiger partial charge in [0, 0.05) is 18.1 Å². The fourth-order valence-corrected chi connectivity index (χ4v) is 3.07. The molecule has 0 unspecified atom stereocenters. The Kier molecular flexibility index (Phi) is 5.18. The molecule has 2 heterocycles. The Balaban J connectivity index is 1.84. The molecule has 0 aliphatic carbocycles. The van der Waals surface area contributed by atoms with Crippen molar-refractivity contribution in [3.05, 3.63) is 108 Å². The molecule has 0 radical (unpaired) electrons. The number of hydrogen-bond acceptors (Lipinski definition) is 6. The highest BCUT2D eigenvalue weighted by Gasteiger charge is 2.22. The summed E-state index contributed by atoms with van der Waals surface area (Å²) in [4.78, 5) is 22.2. The molecule has 0 saturated heterocycles. The molecule has 34 heavy (non-hydrogen) atoms. The van der Waals surface area contributed by atoms with E-state index in [4.69, 9.17) is 16.0 Å². The Morgan fingerprint density at radius 2 is 1.88 bits per heavy atom. The maximum atomic E-state index is 13.1. The first-order valence-corrected chi connectivity index (χ1v) is 10.7. The zero-order valence-electron chi connectivity index (χ0n) is 24.1. The number of benzene rings is 2. The molecular weight excluding hydrogens is 426 g/mol. The first-order chi connectivity index (χ1) is 18.4. The van der Waals surface area contributed by atoms with Gasteiger partial charge in [-0.1, -0.05) is 60.5 Å². The van der Waals surface area contributed by atoms with Crippen LogP contribution in [0.2, 0.25) is 0 Å². The number of carbonyl (C=O) groups is 1. The number of nitrogens with one attached hydrogen (secondary N) is 1. The van der Waals surface area contributed by atoms with Crippen LogP contribution in [0, 0.1) is 0 Å². The van der Waals surface area contributed by atoms with Crippen LogP contribution in [0.1, 0.15) is 44.6 Å². The van der Waals surface area contributed by atoms with E-state index >= 15 is 0 Å². The normalized spacial score (nSPS) is 13.9. The van der Waals surface area contributed by atoms with Crippen LogP contribution in [0.25, 0.3) is 17.3 Å². The molecule has 0 bridgehead atoms. The zero-order valence-corrected chi connectivity index (χ0v) is 19.1. The van der Waals surface area contributed by atoms with Gasteiger partial charge in [0.05, 0.1) is 30.7 Å². The van der Waals surface area contributed by atoms with Gasteiger partial charge in [-0.2, -0.15) is 0 Å². The molecule has 0 amide bonds. The fourth-order valence-electron chi connectivity index (χ4n) is 3.07. The van der Waals surface area contributed by atoms with Gasteiger partial charge in [-0.25, -0.2) is 14.8 Å². The largest absolute Gasteiger partial charge is 0.465 e. The quantitative estimate of drug-likeness (QED) is 0.265. The van der Waals surface area contributed by atoms with Crippen LogP contribution < -0.4 is 5.32 Å². The first-order valence-electron chi connectivity index (χ1n) is 13.2. The Labute approximate surface area is 206 Å². The molecule has 1 N–H and O–H groups in total. The van der Waals surface area contributed by atoms with Crippen LogP contribution in [-0.2, 0) is 16.0 Å². The average Bonchev–Trinajstić information content (AvgIpc) is 3.40. The Hall–Kier alpha value is -4.19. The van der Waals surface area contributed by atoms with Gasteiger partial charge in [-0.15, -0.1) is 0 Å². The second kappa shape index (κ2) is 10.2. The molecule has 4 aromatic rings. The van der Waals surface area contributed by atoms with Crippen LogP contribution in [0.4, 0.5) is 5.82 Å². The van der Waals surface area contributed by atoms with Gasteiger partial charge < -0.3 is 14.5 Å². The van der Waals surface area contributed by atoms with Crippen molar-refractivity contribution in [3.8, 4) is 11.3 Å². The second-order valence-corrected chi connectivity index (χ2v) is 8.41. The van der Waals surface area contributed by atoms with Crippen LogP contribution >= 0.6 is 0 Å². The standard InChI is InChI=1S/C28H27N3O3/c1-28(2,3)34-27(32)24(18-22-15-10-16-33-22)31-26-23(17-20-11-6-4-7-12-20)30-25(19-29-26)21-13-8-5-9-14-21/h4-16,18-19H,17H2,1-3H3,(H,29,31)/i5D,8D,9D,13D,14D. The number of carbonyl (C=O) groups excluding carboxylic acids is 1. The highest BCUT2D eigenvalue weighted by molar-refractivity contribution is 5.96. The van der Waals surface area contributed by atoms with E-state index in [1.54, 1.807) is 32.9 Å². The van der Waals surface area contributed by atoms with E-state index < -0.39 is 29.7 Å². The molecule has 6 heteroatoms. The van der Waals surface area contributed by atoms with Crippen LogP contribution in [-0.4, -0.2) is 21.5 Å². The molecule has 0 fully saturated rings. The summed E-state index contributed by atoms with van der Waals surface area (Å²) in [6.07, 6.45) is 4.56. The third-order valence-electron chi connectivity index (χ3n) is 4.52. The van der Waals surface area contributed by atoms with Gasteiger partial charge in [0.1, 0.15) is 17.1 Å². The fraction of sp³-hybridized carbons (Fsp3) is 0.179. The van der Waals surface area contributed by atoms with E-state index in [0.29, 0.717) is 11.5 Å². The van der Waals surface area contributed by atoms with E-state index in [0.717, 1.165) is 5.56 Å². The Morgan fingerprint density at radius 1 is 1.12 bits per heavy atom. The third kappa shape index (κ3) is 6.19. The maximum absolute atomic E-state index is 13.1. The number of furan rings is 1. The summed E-state index contributed by atoms with van der Waals surface area (Å²) in [5, 5.41) is 3.02. The van der Waals surface area contributed by atoms with Crippen molar-refractivity contribution in [2.24, 2.45) is 0 Å². The average molecular weight is 459 g/mol. The van der Waals surface area contributed by atoms with Gasteiger partial charge in [0.15, 0.2) is 5.82 Å². The van der Waals surface area contributed by atoms with Gasteiger partial charge >= 0.3 is 5.97 Å². The molecule has 0 spiro atoms. The van der Waals surface area contributed by atoms with Crippen molar-refractivity contribution >= 4 is 17.9 Å². The minimum absolute atomic E-state index is 0.0547. The van der Waals surface area contributed by atoms with Crippen molar-refractivity contribution in [3.63, 3.8) is 0 Å². The van der Waals surface area contributed by atoms with Gasteiger partial charge in [0.25, 0.3) is 0 Å². The number of esters is 1. The summed E-state index contributed by atoms with van der Waals surface area (Å²) in [6.45, 7) is 5.26. The number of aromatic nitrogens is 2. The molecule has 6 nitrogen and oxygen atoms in total. The van der Waals surface area contributed by atoms with Crippen molar-refractivity contribution in [1.29, 1.82) is 0 Å². The molecule has 4 rings (SSSR count). The molecule has 2 aromatic heterocycles. The van der Waals surface area contributed by atoms with Crippen LogP contribution in [0.3, 0.4) is 0 Å². The molecule has 0 aliphatic rings.